The van der Waals surface area contributed by atoms with Crippen molar-refractivity contribution in [1.82, 2.24) is 9.78 Å². The molecule has 0 aliphatic rings. The first-order chi connectivity index (χ1) is 9.40. The van der Waals surface area contributed by atoms with Crippen LogP contribution in [0.1, 0.15) is 37.3 Å². The third-order valence-corrected chi connectivity index (χ3v) is 4.35. The number of aliphatic hydroxyl groups excluding tert-OH is 1. The molecule has 3 nitrogen and oxygen atoms in total. The smallest absolute Gasteiger partial charge is 0.101 e. The van der Waals surface area contributed by atoms with E-state index in [4.69, 9.17) is 23.2 Å². The highest BCUT2D eigenvalue weighted by Crippen LogP contribution is 2.30. The van der Waals surface area contributed by atoms with E-state index < -0.39 is 6.10 Å². The second-order valence-corrected chi connectivity index (χ2v) is 6.55. The first-order valence-corrected chi connectivity index (χ1v) is 7.80. The summed E-state index contributed by atoms with van der Waals surface area (Å²) in [5.41, 5.74) is 1.70. The first kappa shape index (κ1) is 15.8. The van der Waals surface area contributed by atoms with Gasteiger partial charge in [0.15, 0.2) is 0 Å². The number of aromatic nitrogens is 2. The summed E-state index contributed by atoms with van der Waals surface area (Å²) >= 11 is 15.3. The topological polar surface area (TPSA) is 38.0 Å². The Morgan fingerprint density at radius 2 is 2.00 bits per heavy atom. The summed E-state index contributed by atoms with van der Waals surface area (Å²) in [7, 11) is 0. The Hall–Kier alpha value is -0.550. The zero-order valence-electron chi connectivity index (χ0n) is 11.1. The fourth-order valence-corrected chi connectivity index (χ4v) is 2.92. The predicted octanol–water partition coefficient (Wildman–Crippen LogP) is 4.81. The molecule has 0 spiro atoms. The molecule has 0 saturated carbocycles. The number of rotatable bonds is 4. The van der Waals surface area contributed by atoms with E-state index in [1.165, 1.54) is 0 Å². The van der Waals surface area contributed by atoms with Crippen molar-refractivity contribution in [3.05, 3.63) is 50.2 Å². The van der Waals surface area contributed by atoms with Crippen LogP contribution in [0.2, 0.25) is 10.0 Å². The predicted molar refractivity (Wildman–Crippen MR) is 85.4 cm³/mol. The van der Waals surface area contributed by atoms with Gasteiger partial charge in [-0.3, -0.25) is 4.68 Å². The highest BCUT2D eigenvalue weighted by molar-refractivity contribution is 9.10. The molecule has 0 radical (unpaired) electrons. The second-order valence-electron chi connectivity index (χ2n) is 4.88. The molecule has 0 aliphatic heterocycles. The van der Waals surface area contributed by atoms with Crippen LogP contribution in [0.5, 0.6) is 0 Å². The van der Waals surface area contributed by atoms with Crippen molar-refractivity contribution in [1.29, 1.82) is 0 Å². The van der Waals surface area contributed by atoms with E-state index in [1.54, 1.807) is 18.3 Å². The minimum atomic E-state index is -0.661. The number of halogens is 3. The standard InChI is InChI=1S/C14H15BrCl2N2O/c1-8(2)19-14(10(15)7-18-19)13(20)6-9-3-4-11(16)12(17)5-9/h3-5,7-8,13,20H,6H2,1-2H3. The van der Waals surface area contributed by atoms with Gasteiger partial charge in [-0.25, -0.2) is 0 Å². The van der Waals surface area contributed by atoms with Gasteiger partial charge >= 0.3 is 0 Å². The molecule has 0 fully saturated rings. The molecule has 1 aromatic carbocycles. The van der Waals surface area contributed by atoms with Crippen LogP contribution in [0.3, 0.4) is 0 Å². The molecule has 108 valence electrons. The lowest BCUT2D eigenvalue weighted by molar-refractivity contribution is 0.164. The van der Waals surface area contributed by atoms with Crippen molar-refractivity contribution in [3.8, 4) is 0 Å². The summed E-state index contributed by atoms with van der Waals surface area (Å²) < 4.78 is 2.62. The van der Waals surface area contributed by atoms with E-state index >= 15 is 0 Å². The Bertz CT molecular complexity index is 613. The van der Waals surface area contributed by atoms with Gasteiger partial charge in [0.25, 0.3) is 0 Å². The number of hydrogen-bond donors (Lipinski definition) is 1. The van der Waals surface area contributed by atoms with E-state index in [1.807, 2.05) is 24.6 Å². The van der Waals surface area contributed by atoms with Crippen LogP contribution in [0.25, 0.3) is 0 Å². The number of benzene rings is 1. The lowest BCUT2D eigenvalue weighted by atomic mass is 10.1. The van der Waals surface area contributed by atoms with Crippen LogP contribution in [-0.4, -0.2) is 14.9 Å². The van der Waals surface area contributed by atoms with E-state index in [0.717, 1.165) is 15.7 Å². The van der Waals surface area contributed by atoms with E-state index in [9.17, 15) is 5.11 Å². The number of nitrogens with zero attached hydrogens (tertiary/aromatic N) is 2. The van der Waals surface area contributed by atoms with Gasteiger partial charge in [0.05, 0.1) is 26.4 Å². The van der Waals surface area contributed by atoms with Gasteiger partial charge in [-0.2, -0.15) is 5.10 Å². The highest BCUT2D eigenvalue weighted by atomic mass is 79.9. The molecule has 2 aromatic rings. The van der Waals surface area contributed by atoms with Crippen LogP contribution in [0.15, 0.2) is 28.9 Å². The average molecular weight is 378 g/mol. The SMILES string of the molecule is CC(C)n1ncc(Br)c1C(O)Cc1ccc(Cl)c(Cl)c1. The minimum absolute atomic E-state index is 0.180. The van der Waals surface area contributed by atoms with E-state index in [2.05, 4.69) is 21.0 Å². The van der Waals surface area contributed by atoms with Gasteiger partial charge in [0.2, 0.25) is 0 Å². The van der Waals surface area contributed by atoms with Crippen molar-refractivity contribution >= 4 is 39.1 Å². The number of hydrogen-bond acceptors (Lipinski definition) is 2. The fraction of sp³-hybridized carbons (Fsp3) is 0.357. The molecule has 1 heterocycles. The quantitative estimate of drug-likeness (QED) is 0.830. The zero-order chi connectivity index (χ0) is 14.9. The minimum Gasteiger partial charge on any atom is -0.386 e. The van der Waals surface area contributed by atoms with E-state index in [0.29, 0.717) is 16.5 Å². The van der Waals surface area contributed by atoms with Crippen LogP contribution >= 0.6 is 39.1 Å². The fourth-order valence-electron chi connectivity index (χ4n) is 2.06. The van der Waals surface area contributed by atoms with Gasteiger partial charge in [-0.15, -0.1) is 0 Å². The summed E-state index contributed by atoms with van der Waals surface area (Å²) in [5, 5.41) is 15.7. The summed E-state index contributed by atoms with van der Waals surface area (Å²) in [6.07, 6.45) is 1.49. The molecular formula is C14H15BrCl2N2O. The molecule has 1 N–H and O–H groups in total. The van der Waals surface area contributed by atoms with Gasteiger partial charge < -0.3 is 5.11 Å². The van der Waals surface area contributed by atoms with Gasteiger partial charge in [-0.05, 0) is 47.5 Å². The lowest BCUT2D eigenvalue weighted by Gasteiger charge is -2.17. The molecule has 0 aliphatic carbocycles. The highest BCUT2D eigenvalue weighted by Gasteiger charge is 2.20. The lowest BCUT2D eigenvalue weighted by Crippen LogP contribution is -2.13. The average Bonchev–Trinajstić information content (AvgIpc) is 2.76. The molecule has 0 saturated heterocycles. The maximum absolute atomic E-state index is 10.5. The first-order valence-electron chi connectivity index (χ1n) is 6.25. The third-order valence-electron chi connectivity index (χ3n) is 3.00. The molecule has 0 bridgehead atoms. The second kappa shape index (κ2) is 6.48. The summed E-state index contributed by atoms with van der Waals surface area (Å²) in [6, 6.07) is 5.55. The molecule has 6 heteroatoms. The van der Waals surface area contributed by atoms with Crippen LogP contribution in [0, 0.1) is 0 Å². The Morgan fingerprint density at radius 1 is 1.30 bits per heavy atom. The van der Waals surface area contributed by atoms with Crippen molar-refractivity contribution in [2.45, 2.75) is 32.4 Å². The van der Waals surface area contributed by atoms with Crippen LogP contribution < -0.4 is 0 Å². The van der Waals surface area contributed by atoms with Gasteiger partial charge in [0.1, 0.15) is 6.10 Å². The van der Waals surface area contributed by atoms with Crippen molar-refractivity contribution < 1.29 is 5.11 Å². The van der Waals surface area contributed by atoms with Gasteiger partial charge in [-0.1, -0.05) is 29.3 Å². The maximum atomic E-state index is 10.5. The molecule has 1 unspecified atom stereocenters. The molecule has 20 heavy (non-hydrogen) atoms. The third kappa shape index (κ3) is 3.37. The number of aliphatic hydroxyl groups is 1. The van der Waals surface area contributed by atoms with E-state index in [-0.39, 0.29) is 6.04 Å². The van der Waals surface area contributed by atoms with Crippen molar-refractivity contribution in [2.24, 2.45) is 0 Å². The molecule has 2 rings (SSSR count). The van der Waals surface area contributed by atoms with Gasteiger partial charge in [0, 0.05) is 12.5 Å². The molecule has 1 aromatic heterocycles. The molecule has 0 amide bonds. The largest absolute Gasteiger partial charge is 0.386 e. The Kier molecular flexibility index (Phi) is 5.13. The molecule has 1 atom stereocenters. The summed E-state index contributed by atoms with van der Waals surface area (Å²) in [5.74, 6) is 0. The van der Waals surface area contributed by atoms with Crippen LogP contribution in [-0.2, 0) is 6.42 Å². The van der Waals surface area contributed by atoms with Crippen LogP contribution in [0.4, 0.5) is 0 Å². The Balaban J connectivity index is 2.25. The van der Waals surface area contributed by atoms with Crippen molar-refractivity contribution in [3.63, 3.8) is 0 Å². The maximum Gasteiger partial charge on any atom is 0.101 e. The normalized spacial score (nSPS) is 12.9. The molecular weight excluding hydrogens is 363 g/mol. The summed E-state index contributed by atoms with van der Waals surface area (Å²) in [4.78, 5) is 0. The summed E-state index contributed by atoms with van der Waals surface area (Å²) in [6.45, 7) is 4.05. The Morgan fingerprint density at radius 3 is 2.60 bits per heavy atom. The monoisotopic (exact) mass is 376 g/mol. The Labute approximate surface area is 136 Å². The zero-order valence-corrected chi connectivity index (χ0v) is 14.2. The van der Waals surface area contributed by atoms with Crippen molar-refractivity contribution in [2.75, 3.05) is 0 Å².